The Kier molecular flexibility index (Phi) is 3.84. The van der Waals surface area contributed by atoms with E-state index in [1.165, 1.54) is 0 Å². The molecule has 2 unspecified atom stereocenters. The highest BCUT2D eigenvalue weighted by Crippen LogP contribution is 2.35. The molecule has 0 N–H and O–H groups in total. The molecule has 1 fully saturated rings. The molecule has 0 aliphatic carbocycles. The number of ether oxygens (including phenoxy) is 2. The van der Waals surface area contributed by atoms with Crippen molar-refractivity contribution in [2.45, 2.75) is 31.5 Å². The maximum Gasteiger partial charge on any atom is 0.233 e. The maximum absolute atomic E-state index is 12.9. The second-order valence-electron chi connectivity index (χ2n) is 6.27. The zero-order chi connectivity index (χ0) is 15.0. The first-order valence-electron chi connectivity index (χ1n) is 7.24. The van der Waals surface area contributed by atoms with Crippen LogP contribution < -0.4 is 4.74 Å². The smallest absolute Gasteiger partial charge is 0.233 e. The van der Waals surface area contributed by atoms with Gasteiger partial charge in [-0.2, -0.15) is 0 Å². The highest BCUT2D eigenvalue weighted by Gasteiger charge is 2.40. The molecule has 0 radical (unpaired) electrons. The second kappa shape index (κ2) is 5.50. The fourth-order valence-corrected chi connectivity index (χ4v) is 3.29. The zero-order valence-electron chi connectivity index (χ0n) is 12.3. The zero-order valence-corrected chi connectivity index (χ0v) is 13.1. The van der Waals surface area contributed by atoms with E-state index in [2.05, 4.69) is 0 Å². The molecule has 2 aliphatic heterocycles. The van der Waals surface area contributed by atoms with Crippen LogP contribution in [-0.2, 0) is 9.53 Å². The monoisotopic (exact) mass is 309 g/mol. The molecule has 0 saturated carbocycles. The van der Waals surface area contributed by atoms with Gasteiger partial charge in [0.1, 0.15) is 18.3 Å². The molecule has 0 spiro atoms. The van der Waals surface area contributed by atoms with Crippen molar-refractivity contribution in [1.82, 2.24) is 4.90 Å². The molecule has 0 bridgehead atoms. The van der Waals surface area contributed by atoms with E-state index < -0.39 is 0 Å². The van der Waals surface area contributed by atoms with Crippen LogP contribution in [0.25, 0.3) is 0 Å². The lowest BCUT2D eigenvalue weighted by Gasteiger charge is -2.43. The first-order valence-corrected chi connectivity index (χ1v) is 7.78. The molecule has 1 amide bonds. The van der Waals surface area contributed by atoms with E-state index >= 15 is 0 Å². The number of carbonyl (C=O) groups is 1. The van der Waals surface area contributed by atoms with Crippen LogP contribution in [0.1, 0.15) is 25.3 Å². The van der Waals surface area contributed by atoms with Crippen molar-refractivity contribution < 1.29 is 14.3 Å². The number of nitrogens with zero attached hydrogens (tertiary/aromatic N) is 1. The van der Waals surface area contributed by atoms with Gasteiger partial charge in [0.15, 0.2) is 0 Å². The van der Waals surface area contributed by atoms with Crippen LogP contribution in [0.15, 0.2) is 24.3 Å². The lowest BCUT2D eigenvalue weighted by atomic mass is 9.97. The largest absolute Gasteiger partial charge is 0.492 e. The van der Waals surface area contributed by atoms with Crippen molar-refractivity contribution >= 4 is 17.5 Å². The molecule has 21 heavy (non-hydrogen) atoms. The average molecular weight is 310 g/mol. The molecule has 2 atom stereocenters. The van der Waals surface area contributed by atoms with Crippen molar-refractivity contribution in [2.24, 2.45) is 0 Å². The van der Waals surface area contributed by atoms with E-state index in [4.69, 9.17) is 21.1 Å². The van der Waals surface area contributed by atoms with Gasteiger partial charge in [-0.15, -0.1) is 11.6 Å². The summed E-state index contributed by atoms with van der Waals surface area (Å²) in [4.78, 5) is 14.7. The Morgan fingerprint density at radius 1 is 1.43 bits per heavy atom. The van der Waals surface area contributed by atoms with Crippen LogP contribution >= 0.6 is 11.6 Å². The maximum atomic E-state index is 12.9. The normalized spacial score (nSPS) is 27.1. The van der Waals surface area contributed by atoms with Gasteiger partial charge in [0.05, 0.1) is 17.6 Å². The first kappa shape index (κ1) is 14.7. The molecule has 4 nitrogen and oxygen atoms in total. The standard InChI is InChI=1S/C16H20ClNO3/c1-16(2)10-18(8-11(7-17)21-16)15(19)13-9-20-14-6-4-3-5-12(13)14/h3-6,11,13H,7-10H2,1-2H3. The minimum atomic E-state index is -0.369. The van der Waals surface area contributed by atoms with Crippen LogP contribution in [0.2, 0.25) is 0 Å². The Bertz CT molecular complexity index is 546. The number of hydrogen-bond donors (Lipinski definition) is 0. The minimum Gasteiger partial charge on any atom is -0.492 e. The van der Waals surface area contributed by atoms with Crippen molar-refractivity contribution in [2.75, 3.05) is 25.6 Å². The van der Waals surface area contributed by atoms with Crippen molar-refractivity contribution in [3.63, 3.8) is 0 Å². The summed E-state index contributed by atoms with van der Waals surface area (Å²) in [6.45, 7) is 5.53. The Hall–Kier alpha value is -1.26. The number of amides is 1. The van der Waals surface area contributed by atoms with E-state index in [1.54, 1.807) is 0 Å². The third kappa shape index (κ3) is 2.87. The van der Waals surface area contributed by atoms with Gasteiger partial charge in [-0.25, -0.2) is 0 Å². The Morgan fingerprint density at radius 2 is 2.19 bits per heavy atom. The molecule has 0 aromatic heterocycles. The van der Waals surface area contributed by atoms with Crippen LogP contribution in [-0.4, -0.2) is 48.1 Å². The predicted octanol–water partition coefficient (Wildman–Crippen LogP) is 2.41. The summed E-state index contributed by atoms with van der Waals surface area (Å²) < 4.78 is 11.5. The van der Waals surface area contributed by atoms with Gasteiger partial charge in [0.25, 0.3) is 0 Å². The SMILES string of the molecule is CC1(C)CN(C(=O)C2COc3ccccc32)CC(CCl)O1. The molecule has 3 rings (SSSR count). The summed E-state index contributed by atoms with van der Waals surface area (Å²) >= 11 is 5.93. The number of rotatable bonds is 2. The van der Waals surface area contributed by atoms with Gasteiger partial charge in [-0.3, -0.25) is 4.79 Å². The van der Waals surface area contributed by atoms with Crippen molar-refractivity contribution in [3.05, 3.63) is 29.8 Å². The third-order valence-electron chi connectivity index (χ3n) is 3.96. The fraction of sp³-hybridized carbons (Fsp3) is 0.562. The van der Waals surface area contributed by atoms with E-state index in [0.717, 1.165) is 11.3 Å². The predicted molar refractivity (Wildman–Crippen MR) is 80.9 cm³/mol. The molecule has 1 aromatic rings. The van der Waals surface area contributed by atoms with Gasteiger partial charge in [0, 0.05) is 18.7 Å². The second-order valence-corrected chi connectivity index (χ2v) is 6.58. The summed E-state index contributed by atoms with van der Waals surface area (Å²) in [5, 5.41) is 0. The summed E-state index contributed by atoms with van der Waals surface area (Å²) in [6.07, 6.45) is -0.114. The summed E-state index contributed by atoms with van der Waals surface area (Å²) in [7, 11) is 0. The molecule has 114 valence electrons. The number of alkyl halides is 1. The third-order valence-corrected chi connectivity index (χ3v) is 4.31. The summed E-state index contributed by atoms with van der Waals surface area (Å²) in [5.41, 5.74) is 0.612. The molecule has 1 aromatic carbocycles. The van der Waals surface area contributed by atoms with Gasteiger partial charge in [-0.1, -0.05) is 18.2 Å². The summed E-state index contributed by atoms with van der Waals surface area (Å²) in [5.74, 6) is 1.10. The Labute approximate surface area is 130 Å². The van der Waals surface area contributed by atoms with Crippen molar-refractivity contribution in [1.29, 1.82) is 0 Å². The molecule has 1 saturated heterocycles. The number of hydrogen-bond acceptors (Lipinski definition) is 3. The summed E-state index contributed by atoms with van der Waals surface area (Å²) in [6, 6.07) is 7.74. The Balaban J connectivity index is 1.79. The average Bonchev–Trinajstić information content (AvgIpc) is 2.88. The fourth-order valence-electron chi connectivity index (χ4n) is 3.13. The topological polar surface area (TPSA) is 38.8 Å². The quantitative estimate of drug-likeness (QED) is 0.788. The van der Waals surface area contributed by atoms with E-state index in [1.807, 2.05) is 43.0 Å². The number of para-hydroxylation sites is 1. The van der Waals surface area contributed by atoms with Crippen LogP contribution in [0.3, 0.4) is 0 Å². The van der Waals surface area contributed by atoms with Crippen LogP contribution in [0, 0.1) is 0 Å². The number of morpholine rings is 1. The van der Waals surface area contributed by atoms with E-state index in [-0.39, 0.29) is 23.5 Å². The van der Waals surface area contributed by atoms with Crippen molar-refractivity contribution in [3.8, 4) is 5.75 Å². The first-order chi connectivity index (χ1) is 10.00. The Morgan fingerprint density at radius 3 is 2.95 bits per heavy atom. The molecular formula is C16H20ClNO3. The lowest BCUT2D eigenvalue weighted by molar-refractivity contribution is -0.159. The van der Waals surface area contributed by atoms with E-state index in [0.29, 0.717) is 25.6 Å². The number of halogens is 1. The van der Waals surface area contributed by atoms with Gasteiger partial charge in [0.2, 0.25) is 5.91 Å². The van der Waals surface area contributed by atoms with Gasteiger partial charge in [-0.05, 0) is 19.9 Å². The van der Waals surface area contributed by atoms with Crippen LogP contribution in [0.4, 0.5) is 0 Å². The minimum absolute atomic E-state index is 0.103. The number of carbonyl (C=O) groups excluding carboxylic acids is 1. The van der Waals surface area contributed by atoms with E-state index in [9.17, 15) is 4.79 Å². The molecule has 5 heteroatoms. The number of fused-ring (bicyclic) bond motifs is 1. The number of benzene rings is 1. The molecule has 2 heterocycles. The molecular weight excluding hydrogens is 290 g/mol. The molecule has 2 aliphatic rings. The lowest BCUT2D eigenvalue weighted by Crippen LogP contribution is -2.56. The van der Waals surface area contributed by atoms with Crippen LogP contribution in [0.5, 0.6) is 5.75 Å². The van der Waals surface area contributed by atoms with Gasteiger partial charge < -0.3 is 14.4 Å². The highest BCUT2D eigenvalue weighted by atomic mass is 35.5. The van der Waals surface area contributed by atoms with Gasteiger partial charge >= 0.3 is 0 Å². The highest BCUT2D eigenvalue weighted by molar-refractivity contribution is 6.18.